The second-order valence-electron chi connectivity index (χ2n) is 4.85. The van der Waals surface area contributed by atoms with Crippen LogP contribution in [-0.4, -0.2) is 43.7 Å². The summed E-state index contributed by atoms with van der Waals surface area (Å²) >= 11 is 6.12. The molecule has 1 aromatic carbocycles. The number of nitrogens with two attached hydrogens (primary N) is 1. The van der Waals surface area contributed by atoms with Crippen LogP contribution in [-0.2, 0) is 4.74 Å². The molecule has 114 valence electrons. The van der Waals surface area contributed by atoms with Gasteiger partial charge in [-0.15, -0.1) is 0 Å². The summed E-state index contributed by atoms with van der Waals surface area (Å²) in [5.74, 6) is 5.50. The first kappa shape index (κ1) is 17.5. The zero-order valence-corrected chi connectivity index (χ0v) is 13.4. The van der Waals surface area contributed by atoms with Gasteiger partial charge in [0, 0.05) is 24.7 Å². The molecule has 0 unspecified atom stereocenters. The summed E-state index contributed by atoms with van der Waals surface area (Å²) in [7, 11) is 1.74. The fourth-order valence-corrected chi connectivity index (χ4v) is 1.87. The van der Waals surface area contributed by atoms with E-state index in [0.29, 0.717) is 29.3 Å². The molecule has 1 rings (SSSR count). The molecule has 0 aliphatic heterocycles. The molecule has 1 aromatic rings. The molecule has 0 bridgehead atoms. The fraction of sp³-hybridized carbons (Fsp3) is 0.438. The van der Waals surface area contributed by atoms with Crippen LogP contribution in [0.15, 0.2) is 18.2 Å². The van der Waals surface area contributed by atoms with E-state index in [9.17, 15) is 4.79 Å². The number of carbonyl (C=O) groups excluding carboxylic acids is 1. The van der Waals surface area contributed by atoms with Crippen LogP contribution in [0.3, 0.4) is 0 Å². The molecular weight excluding hydrogens is 288 g/mol. The number of halogens is 1. The van der Waals surface area contributed by atoms with Gasteiger partial charge in [-0.1, -0.05) is 23.4 Å². The van der Waals surface area contributed by atoms with Crippen LogP contribution in [0.1, 0.15) is 29.8 Å². The maximum absolute atomic E-state index is 12.3. The first-order valence-corrected chi connectivity index (χ1v) is 7.19. The molecule has 2 N–H and O–H groups in total. The van der Waals surface area contributed by atoms with E-state index in [0.717, 1.165) is 0 Å². The van der Waals surface area contributed by atoms with Crippen molar-refractivity contribution < 1.29 is 9.53 Å². The van der Waals surface area contributed by atoms with Crippen LogP contribution in [0.5, 0.6) is 0 Å². The van der Waals surface area contributed by atoms with E-state index >= 15 is 0 Å². The van der Waals surface area contributed by atoms with Gasteiger partial charge in [-0.3, -0.25) is 4.79 Å². The van der Waals surface area contributed by atoms with E-state index in [1.165, 1.54) is 0 Å². The lowest BCUT2D eigenvalue weighted by Gasteiger charge is -2.18. The highest BCUT2D eigenvalue weighted by molar-refractivity contribution is 6.32. The predicted octanol–water partition coefficient (Wildman–Crippen LogP) is 2.15. The number of hydrogen-bond donors (Lipinski definition) is 1. The van der Waals surface area contributed by atoms with Gasteiger partial charge >= 0.3 is 0 Å². The van der Waals surface area contributed by atoms with E-state index in [2.05, 4.69) is 11.8 Å². The number of hydrogen-bond acceptors (Lipinski definition) is 3. The normalized spacial score (nSPS) is 10.2. The summed E-state index contributed by atoms with van der Waals surface area (Å²) in [6.45, 7) is 5.23. The lowest BCUT2D eigenvalue weighted by molar-refractivity contribution is 0.0532. The lowest BCUT2D eigenvalue weighted by atomic mass is 10.1. The first-order valence-electron chi connectivity index (χ1n) is 6.81. The minimum absolute atomic E-state index is 0.0948. The standard InChI is InChI=1S/C16H21ClN2O2/c1-12(2)21-10-9-19(3)16(20)14-7-6-13(5-4-8-18)15(17)11-14/h6-7,11-12H,8-10,18H2,1-3H3. The zero-order chi connectivity index (χ0) is 15.8. The van der Waals surface area contributed by atoms with E-state index in [1.54, 1.807) is 30.1 Å². The summed E-state index contributed by atoms with van der Waals surface area (Å²) in [6, 6.07) is 5.08. The Balaban J connectivity index is 2.72. The van der Waals surface area contributed by atoms with Crippen LogP contribution in [0.4, 0.5) is 0 Å². The van der Waals surface area contributed by atoms with Crippen molar-refractivity contribution in [2.24, 2.45) is 5.73 Å². The third-order valence-electron chi connectivity index (χ3n) is 2.77. The Hall–Kier alpha value is -1.54. The van der Waals surface area contributed by atoms with Crippen molar-refractivity contribution >= 4 is 17.5 Å². The van der Waals surface area contributed by atoms with Gasteiger partial charge in [-0.2, -0.15) is 0 Å². The van der Waals surface area contributed by atoms with E-state index in [4.69, 9.17) is 22.1 Å². The van der Waals surface area contributed by atoms with Gasteiger partial charge in [0.05, 0.1) is 24.3 Å². The molecule has 5 heteroatoms. The fourth-order valence-electron chi connectivity index (χ4n) is 1.64. The average Bonchev–Trinajstić information content (AvgIpc) is 2.44. The van der Waals surface area contributed by atoms with Gasteiger partial charge in [-0.05, 0) is 32.0 Å². The number of nitrogens with zero attached hydrogens (tertiary/aromatic N) is 1. The number of likely N-dealkylation sites (N-methyl/N-ethyl adjacent to an activating group) is 1. The monoisotopic (exact) mass is 308 g/mol. The van der Waals surface area contributed by atoms with E-state index in [1.807, 2.05) is 13.8 Å². The van der Waals surface area contributed by atoms with Crippen molar-refractivity contribution in [3.63, 3.8) is 0 Å². The minimum atomic E-state index is -0.0948. The summed E-state index contributed by atoms with van der Waals surface area (Å²) < 4.78 is 5.44. The molecule has 4 nitrogen and oxygen atoms in total. The third kappa shape index (κ3) is 5.76. The first-order chi connectivity index (χ1) is 9.95. The molecule has 0 aliphatic rings. The number of rotatable bonds is 5. The third-order valence-corrected chi connectivity index (χ3v) is 3.08. The Morgan fingerprint density at radius 2 is 2.19 bits per heavy atom. The number of ether oxygens (including phenoxy) is 1. The molecule has 0 fully saturated rings. The Morgan fingerprint density at radius 3 is 2.76 bits per heavy atom. The molecular formula is C16H21ClN2O2. The van der Waals surface area contributed by atoms with Crippen LogP contribution < -0.4 is 5.73 Å². The maximum Gasteiger partial charge on any atom is 0.253 e. The molecule has 0 saturated carbocycles. The Morgan fingerprint density at radius 1 is 1.48 bits per heavy atom. The average molecular weight is 309 g/mol. The highest BCUT2D eigenvalue weighted by atomic mass is 35.5. The largest absolute Gasteiger partial charge is 0.377 e. The van der Waals surface area contributed by atoms with Crippen molar-refractivity contribution in [3.8, 4) is 11.8 Å². The van der Waals surface area contributed by atoms with E-state index < -0.39 is 0 Å². The van der Waals surface area contributed by atoms with Crippen LogP contribution in [0, 0.1) is 11.8 Å². The number of benzene rings is 1. The molecule has 0 saturated heterocycles. The molecule has 1 amide bonds. The van der Waals surface area contributed by atoms with Crippen LogP contribution in [0.2, 0.25) is 5.02 Å². The summed E-state index contributed by atoms with van der Waals surface area (Å²) in [4.78, 5) is 13.9. The SMILES string of the molecule is CC(C)OCCN(C)C(=O)c1ccc(C#CCN)c(Cl)c1. The van der Waals surface area contributed by atoms with Crippen LogP contribution >= 0.6 is 11.6 Å². The number of amides is 1. The van der Waals surface area contributed by atoms with Gasteiger partial charge in [-0.25, -0.2) is 0 Å². The topological polar surface area (TPSA) is 55.6 Å². The van der Waals surface area contributed by atoms with Gasteiger partial charge in [0.1, 0.15) is 0 Å². The Labute approximate surface area is 131 Å². The van der Waals surface area contributed by atoms with Gasteiger partial charge in [0.25, 0.3) is 5.91 Å². The second-order valence-corrected chi connectivity index (χ2v) is 5.25. The van der Waals surface area contributed by atoms with Crippen molar-refractivity contribution in [1.29, 1.82) is 0 Å². The maximum atomic E-state index is 12.3. The highest BCUT2D eigenvalue weighted by Gasteiger charge is 2.13. The Bertz CT molecular complexity index is 547. The molecule has 0 aliphatic carbocycles. The molecule has 0 radical (unpaired) electrons. The van der Waals surface area contributed by atoms with Crippen molar-refractivity contribution in [3.05, 3.63) is 34.3 Å². The lowest BCUT2D eigenvalue weighted by Crippen LogP contribution is -2.30. The molecule has 0 spiro atoms. The van der Waals surface area contributed by atoms with Crippen LogP contribution in [0.25, 0.3) is 0 Å². The van der Waals surface area contributed by atoms with E-state index in [-0.39, 0.29) is 18.6 Å². The second kappa shape index (κ2) is 8.68. The van der Waals surface area contributed by atoms with Gasteiger partial charge < -0.3 is 15.4 Å². The molecule has 0 atom stereocenters. The zero-order valence-electron chi connectivity index (χ0n) is 12.6. The van der Waals surface area contributed by atoms with Crippen molar-refractivity contribution in [2.75, 3.05) is 26.7 Å². The molecule has 0 aromatic heterocycles. The molecule has 21 heavy (non-hydrogen) atoms. The summed E-state index contributed by atoms with van der Waals surface area (Å²) in [5.41, 5.74) is 6.53. The van der Waals surface area contributed by atoms with Crippen molar-refractivity contribution in [2.45, 2.75) is 20.0 Å². The quantitative estimate of drug-likeness (QED) is 0.848. The van der Waals surface area contributed by atoms with Gasteiger partial charge in [0.15, 0.2) is 0 Å². The Kier molecular flexibility index (Phi) is 7.24. The van der Waals surface area contributed by atoms with Gasteiger partial charge in [0.2, 0.25) is 0 Å². The highest BCUT2D eigenvalue weighted by Crippen LogP contribution is 2.18. The van der Waals surface area contributed by atoms with Crippen molar-refractivity contribution in [1.82, 2.24) is 4.90 Å². The summed E-state index contributed by atoms with van der Waals surface area (Å²) in [6.07, 6.45) is 0.156. The smallest absolute Gasteiger partial charge is 0.253 e. The number of carbonyl (C=O) groups is 1. The predicted molar refractivity (Wildman–Crippen MR) is 85.4 cm³/mol. The molecule has 0 heterocycles. The minimum Gasteiger partial charge on any atom is -0.377 e. The summed E-state index contributed by atoms with van der Waals surface area (Å²) in [5, 5.41) is 0.452.